The predicted molar refractivity (Wildman–Crippen MR) is 98.7 cm³/mol. The quantitative estimate of drug-likeness (QED) is 0.485. The van der Waals surface area contributed by atoms with Gasteiger partial charge in [0.05, 0.1) is 12.5 Å². The van der Waals surface area contributed by atoms with Gasteiger partial charge in [-0.15, -0.1) is 0 Å². The second-order valence-electron chi connectivity index (χ2n) is 6.27. The van der Waals surface area contributed by atoms with Gasteiger partial charge in [-0.2, -0.15) is 0 Å². The number of hydrogen-bond donors (Lipinski definition) is 4. The molecule has 0 radical (unpaired) electrons. The number of amides is 3. The molecule has 5 N–H and O–H groups in total. The van der Waals surface area contributed by atoms with Crippen molar-refractivity contribution in [2.75, 3.05) is 12.3 Å². The summed E-state index contributed by atoms with van der Waals surface area (Å²) in [6, 6.07) is 12.6. The lowest BCUT2D eigenvalue weighted by Gasteiger charge is -2.36. The molecule has 1 heterocycles. The number of nitrogens with one attached hydrogen (secondary N) is 2. The molecule has 1 aliphatic heterocycles. The van der Waals surface area contributed by atoms with Gasteiger partial charge in [-0.3, -0.25) is 15.0 Å². The number of fused-ring (bicyclic) bond motifs is 1. The lowest BCUT2D eigenvalue weighted by Crippen LogP contribution is -2.52. The van der Waals surface area contributed by atoms with Crippen LogP contribution < -0.4 is 16.6 Å². The van der Waals surface area contributed by atoms with Gasteiger partial charge < -0.3 is 15.7 Å². The molecule has 0 aliphatic carbocycles. The molecule has 0 fully saturated rings. The number of hydrogen-bond acceptors (Lipinski definition) is 4. The number of nitrogens with zero attached hydrogens (tertiary/aromatic N) is 1. The molecule has 8 nitrogen and oxygen atoms in total. The SMILES string of the molecule is Nc1cccc(C(=O)NNC(=O)N2CCc3ccccc3C2CC(=O)O)c1. The number of rotatable bonds is 3. The average molecular weight is 368 g/mol. The summed E-state index contributed by atoms with van der Waals surface area (Å²) in [7, 11) is 0. The first-order valence-electron chi connectivity index (χ1n) is 8.48. The van der Waals surface area contributed by atoms with Crippen molar-refractivity contribution in [3.8, 4) is 0 Å². The minimum atomic E-state index is -1.00. The van der Waals surface area contributed by atoms with E-state index in [1.807, 2.05) is 24.3 Å². The number of nitrogen functional groups attached to an aromatic ring is 1. The van der Waals surface area contributed by atoms with E-state index >= 15 is 0 Å². The van der Waals surface area contributed by atoms with Crippen molar-refractivity contribution in [1.82, 2.24) is 15.8 Å². The minimum absolute atomic E-state index is 0.215. The fourth-order valence-corrected chi connectivity index (χ4v) is 3.21. The highest BCUT2D eigenvalue weighted by molar-refractivity contribution is 5.96. The Balaban J connectivity index is 1.71. The second kappa shape index (κ2) is 7.77. The van der Waals surface area contributed by atoms with Gasteiger partial charge in [0.1, 0.15) is 0 Å². The van der Waals surface area contributed by atoms with Crippen LogP contribution in [0, 0.1) is 0 Å². The highest BCUT2D eigenvalue weighted by Crippen LogP contribution is 2.32. The summed E-state index contributed by atoms with van der Waals surface area (Å²) in [5.41, 5.74) is 12.9. The zero-order valence-electron chi connectivity index (χ0n) is 14.5. The molecule has 3 rings (SSSR count). The number of anilines is 1. The number of carboxylic acids is 1. The van der Waals surface area contributed by atoms with Crippen LogP contribution >= 0.6 is 0 Å². The minimum Gasteiger partial charge on any atom is -0.481 e. The Kier molecular flexibility index (Phi) is 5.25. The van der Waals surface area contributed by atoms with Crippen molar-refractivity contribution in [3.05, 3.63) is 65.2 Å². The maximum absolute atomic E-state index is 12.6. The number of carbonyl (C=O) groups is 3. The van der Waals surface area contributed by atoms with Crippen LogP contribution in [0.15, 0.2) is 48.5 Å². The summed E-state index contributed by atoms with van der Waals surface area (Å²) in [5, 5.41) is 9.24. The molecule has 2 aromatic carbocycles. The highest BCUT2D eigenvalue weighted by Gasteiger charge is 2.32. The zero-order chi connectivity index (χ0) is 19.4. The number of benzene rings is 2. The maximum atomic E-state index is 12.6. The number of aliphatic carboxylic acids is 1. The lowest BCUT2D eigenvalue weighted by atomic mass is 9.91. The van der Waals surface area contributed by atoms with E-state index in [0.29, 0.717) is 24.2 Å². The Labute approximate surface area is 155 Å². The number of carboxylic acid groups (broad SMARTS) is 1. The zero-order valence-corrected chi connectivity index (χ0v) is 14.5. The maximum Gasteiger partial charge on any atom is 0.336 e. The molecular weight excluding hydrogens is 348 g/mol. The Morgan fingerprint density at radius 3 is 2.63 bits per heavy atom. The van der Waals surface area contributed by atoms with Gasteiger partial charge in [0.2, 0.25) is 0 Å². The van der Waals surface area contributed by atoms with E-state index in [2.05, 4.69) is 10.9 Å². The van der Waals surface area contributed by atoms with Crippen LogP contribution in [0.2, 0.25) is 0 Å². The van der Waals surface area contributed by atoms with E-state index in [4.69, 9.17) is 5.73 Å². The molecule has 1 atom stereocenters. The van der Waals surface area contributed by atoms with E-state index in [1.165, 1.54) is 11.0 Å². The number of carbonyl (C=O) groups excluding carboxylic acids is 2. The molecule has 27 heavy (non-hydrogen) atoms. The Hall–Kier alpha value is -3.55. The third-order valence-corrected chi connectivity index (χ3v) is 4.47. The summed E-state index contributed by atoms with van der Waals surface area (Å²) < 4.78 is 0. The van der Waals surface area contributed by atoms with Crippen molar-refractivity contribution < 1.29 is 19.5 Å². The van der Waals surface area contributed by atoms with Crippen LogP contribution in [0.5, 0.6) is 0 Å². The van der Waals surface area contributed by atoms with E-state index in [9.17, 15) is 19.5 Å². The molecule has 0 spiro atoms. The van der Waals surface area contributed by atoms with Crippen LogP contribution in [0.4, 0.5) is 10.5 Å². The van der Waals surface area contributed by atoms with Crippen LogP contribution in [0.3, 0.4) is 0 Å². The molecule has 2 aromatic rings. The van der Waals surface area contributed by atoms with Gasteiger partial charge >= 0.3 is 12.0 Å². The van der Waals surface area contributed by atoms with Crippen molar-refractivity contribution >= 4 is 23.6 Å². The van der Waals surface area contributed by atoms with Crippen LogP contribution in [-0.4, -0.2) is 34.5 Å². The molecule has 140 valence electrons. The van der Waals surface area contributed by atoms with E-state index in [-0.39, 0.29) is 6.42 Å². The van der Waals surface area contributed by atoms with Crippen LogP contribution in [-0.2, 0) is 11.2 Å². The first kappa shape index (κ1) is 18.2. The third-order valence-electron chi connectivity index (χ3n) is 4.47. The third kappa shape index (κ3) is 4.17. The molecule has 3 amide bonds. The van der Waals surface area contributed by atoms with Gasteiger partial charge in [-0.05, 0) is 35.7 Å². The Morgan fingerprint density at radius 2 is 1.89 bits per heavy atom. The first-order chi connectivity index (χ1) is 13.0. The smallest absolute Gasteiger partial charge is 0.336 e. The summed E-state index contributed by atoms with van der Waals surface area (Å²) in [5.74, 6) is -1.51. The molecule has 0 bridgehead atoms. The van der Waals surface area contributed by atoms with E-state index in [0.717, 1.165) is 11.1 Å². The lowest BCUT2D eigenvalue weighted by molar-refractivity contribution is -0.138. The fraction of sp³-hybridized carbons (Fsp3) is 0.211. The van der Waals surface area contributed by atoms with Crippen molar-refractivity contribution in [1.29, 1.82) is 0 Å². The van der Waals surface area contributed by atoms with Crippen LogP contribution in [0.25, 0.3) is 0 Å². The molecular formula is C19H20N4O4. The van der Waals surface area contributed by atoms with Gasteiger partial charge in [0.25, 0.3) is 5.91 Å². The summed E-state index contributed by atoms with van der Waals surface area (Å²) in [4.78, 5) is 37.4. The number of hydrazine groups is 1. The largest absolute Gasteiger partial charge is 0.481 e. The topological polar surface area (TPSA) is 125 Å². The molecule has 1 unspecified atom stereocenters. The predicted octanol–water partition coefficient (Wildman–Crippen LogP) is 1.70. The van der Waals surface area contributed by atoms with Gasteiger partial charge in [0.15, 0.2) is 0 Å². The summed E-state index contributed by atoms with van der Waals surface area (Å²) in [6.45, 7) is 0.356. The Morgan fingerprint density at radius 1 is 1.11 bits per heavy atom. The van der Waals surface area contributed by atoms with Crippen molar-refractivity contribution in [2.45, 2.75) is 18.9 Å². The summed E-state index contributed by atoms with van der Waals surface area (Å²) >= 11 is 0. The summed E-state index contributed by atoms with van der Waals surface area (Å²) in [6.07, 6.45) is 0.399. The van der Waals surface area contributed by atoms with Crippen molar-refractivity contribution in [2.24, 2.45) is 0 Å². The highest BCUT2D eigenvalue weighted by atomic mass is 16.4. The van der Waals surface area contributed by atoms with Crippen LogP contribution in [0.1, 0.15) is 33.9 Å². The van der Waals surface area contributed by atoms with Gasteiger partial charge in [-0.1, -0.05) is 30.3 Å². The van der Waals surface area contributed by atoms with Gasteiger partial charge in [0, 0.05) is 17.8 Å². The average Bonchev–Trinajstić information content (AvgIpc) is 2.65. The molecule has 0 saturated heterocycles. The molecule has 1 aliphatic rings. The Bertz CT molecular complexity index is 884. The second-order valence-corrected chi connectivity index (χ2v) is 6.27. The van der Waals surface area contributed by atoms with E-state index in [1.54, 1.807) is 18.2 Å². The molecule has 8 heteroatoms. The number of urea groups is 1. The molecule has 0 aromatic heterocycles. The first-order valence-corrected chi connectivity index (χ1v) is 8.48. The standard InChI is InChI=1S/C19H20N4O4/c20-14-6-3-5-13(10-14)18(26)21-22-19(27)23-9-8-12-4-1-2-7-15(12)16(23)11-17(24)25/h1-7,10,16H,8-9,11,20H2,(H,21,26)(H,22,27)(H,24,25). The number of nitrogens with two attached hydrogens (primary N) is 1. The fourth-order valence-electron chi connectivity index (χ4n) is 3.21. The van der Waals surface area contributed by atoms with Crippen molar-refractivity contribution in [3.63, 3.8) is 0 Å². The van der Waals surface area contributed by atoms with Gasteiger partial charge in [-0.25, -0.2) is 10.2 Å². The normalized spacial score (nSPS) is 15.6. The monoisotopic (exact) mass is 368 g/mol. The van der Waals surface area contributed by atoms with E-state index < -0.39 is 23.9 Å². The molecule has 0 saturated carbocycles.